The smallest absolute Gasteiger partial charge is 0.273 e. The van der Waals surface area contributed by atoms with Gasteiger partial charge in [-0.1, -0.05) is 0 Å². The average molecular weight is 295 g/mol. The predicted molar refractivity (Wildman–Crippen MR) is 75.4 cm³/mol. The highest BCUT2D eigenvalue weighted by Crippen LogP contribution is 2.24. The molecule has 1 fully saturated rings. The molecule has 0 aliphatic heterocycles. The summed E-state index contributed by atoms with van der Waals surface area (Å²) in [5, 5.41) is 10.7. The summed E-state index contributed by atoms with van der Waals surface area (Å²) in [4.78, 5) is 23.9. The summed E-state index contributed by atoms with van der Waals surface area (Å²) in [6, 6.07) is 3.15. The Morgan fingerprint density at radius 3 is 2.52 bits per heavy atom. The van der Waals surface area contributed by atoms with Gasteiger partial charge in [0.15, 0.2) is 0 Å². The van der Waals surface area contributed by atoms with Crippen LogP contribution in [0.25, 0.3) is 0 Å². The van der Waals surface area contributed by atoms with Crippen molar-refractivity contribution in [3.8, 4) is 0 Å². The van der Waals surface area contributed by atoms with Gasteiger partial charge in [0.25, 0.3) is 11.6 Å². The van der Waals surface area contributed by atoms with E-state index in [2.05, 4.69) is 0 Å². The highest BCUT2D eigenvalue weighted by molar-refractivity contribution is 5.94. The van der Waals surface area contributed by atoms with E-state index in [1.807, 2.05) is 0 Å². The Kier molecular flexibility index (Phi) is 4.52. The molecule has 0 heterocycles. The third-order valence-electron chi connectivity index (χ3n) is 3.95. The van der Waals surface area contributed by atoms with Gasteiger partial charge in [-0.05, 0) is 31.7 Å². The Morgan fingerprint density at radius 2 is 1.95 bits per heavy atom. The lowest BCUT2D eigenvalue weighted by Gasteiger charge is -2.33. The van der Waals surface area contributed by atoms with Crippen LogP contribution in [0, 0.1) is 15.9 Å². The van der Waals surface area contributed by atoms with Crippen molar-refractivity contribution in [2.24, 2.45) is 5.73 Å². The van der Waals surface area contributed by atoms with Crippen LogP contribution < -0.4 is 5.73 Å². The number of benzene rings is 1. The first-order valence-corrected chi connectivity index (χ1v) is 6.86. The van der Waals surface area contributed by atoms with Crippen molar-refractivity contribution in [1.29, 1.82) is 0 Å². The molecule has 7 heteroatoms. The lowest BCUT2D eigenvalue weighted by molar-refractivity contribution is -0.385. The van der Waals surface area contributed by atoms with E-state index in [0.29, 0.717) is 0 Å². The second-order valence-electron chi connectivity index (χ2n) is 5.44. The van der Waals surface area contributed by atoms with Gasteiger partial charge in [-0.25, -0.2) is 4.39 Å². The molecule has 0 atom stereocenters. The summed E-state index contributed by atoms with van der Waals surface area (Å²) in [7, 11) is 1.64. The summed E-state index contributed by atoms with van der Waals surface area (Å²) < 4.78 is 13.4. The van der Waals surface area contributed by atoms with Gasteiger partial charge in [-0.3, -0.25) is 14.9 Å². The van der Waals surface area contributed by atoms with Crippen molar-refractivity contribution < 1.29 is 14.1 Å². The van der Waals surface area contributed by atoms with Crippen molar-refractivity contribution >= 4 is 11.6 Å². The first kappa shape index (κ1) is 15.4. The van der Waals surface area contributed by atoms with Gasteiger partial charge in [0.05, 0.1) is 11.0 Å². The van der Waals surface area contributed by atoms with Crippen LogP contribution >= 0.6 is 0 Å². The zero-order valence-corrected chi connectivity index (χ0v) is 11.8. The van der Waals surface area contributed by atoms with Gasteiger partial charge in [-0.15, -0.1) is 0 Å². The van der Waals surface area contributed by atoms with Crippen molar-refractivity contribution in [1.82, 2.24) is 4.90 Å². The maximum atomic E-state index is 13.4. The fraction of sp³-hybridized carbons (Fsp3) is 0.500. The van der Waals surface area contributed by atoms with Crippen molar-refractivity contribution in [2.75, 3.05) is 7.05 Å². The second-order valence-corrected chi connectivity index (χ2v) is 5.44. The summed E-state index contributed by atoms with van der Waals surface area (Å²) in [5.74, 6) is -1.19. The molecule has 1 aromatic carbocycles. The first-order valence-electron chi connectivity index (χ1n) is 6.86. The molecule has 1 saturated carbocycles. The molecular weight excluding hydrogens is 277 g/mol. The Labute approximate surface area is 121 Å². The highest BCUT2D eigenvalue weighted by Gasteiger charge is 2.26. The summed E-state index contributed by atoms with van der Waals surface area (Å²) in [6.45, 7) is 0. The lowest BCUT2D eigenvalue weighted by atomic mass is 9.90. The van der Waals surface area contributed by atoms with Crippen LogP contribution in [0.1, 0.15) is 36.0 Å². The number of nitro benzene ring substituents is 1. The Morgan fingerprint density at radius 1 is 1.33 bits per heavy atom. The van der Waals surface area contributed by atoms with E-state index in [1.54, 1.807) is 7.05 Å². The Bertz CT molecular complexity index is 556. The number of nitro groups is 1. The number of nitrogens with two attached hydrogens (primary N) is 1. The van der Waals surface area contributed by atoms with E-state index in [1.165, 1.54) is 4.90 Å². The summed E-state index contributed by atoms with van der Waals surface area (Å²) >= 11 is 0. The van der Waals surface area contributed by atoms with Gasteiger partial charge in [0.2, 0.25) is 0 Å². The zero-order chi connectivity index (χ0) is 15.6. The lowest BCUT2D eigenvalue weighted by Crippen LogP contribution is -2.41. The number of rotatable bonds is 3. The molecule has 1 aromatic rings. The minimum absolute atomic E-state index is 0.000859. The summed E-state index contributed by atoms with van der Waals surface area (Å²) in [6.07, 6.45) is 3.26. The second kappa shape index (κ2) is 6.17. The molecule has 0 radical (unpaired) electrons. The van der Waals surface area contributed by atoms with Crippen LogP contribution in [0.4, 0.5) is 10.1 Å². The van der Waals surface area contributed by atoms with Gasteiger partial charge in [0, 0.05) is 30.8 Å². The third-order valence-corrected chi connectivity index (χ3v) is 3.95. The van der Waals surface area contributed by atoms with Crippen LogP contribution in [0.15, 0.2) is 18.2 Å². The number of amides is 1. The van der Waals surface area contributed by atoms with Gasteiger partial charge in [0.1, 0.15) is 5.82 Å². The monoisotopic (exact) mass is 295 g/mol. The Hall–Kier alpha value is -2.02. The van der Waals surface area contributed by atoms with Gasteiger partial charge < -0.3 is 10.6 Å². The van der Waals surface area contributed by atoms with Crippen LogP contribution in [-0.4, -0.2) is 34.9 Å². The zero-order valence-electron chi connectivity index (χ0n) is 11.8. The summed E-state index contributed by atoms with van der Waals surface area (Å²) in [5.41, 5.74) is 5.41. The normalized spacial score (nSPS) is 21.9. The number of hydrogen-bond donors (Lipinski definition) is 1. The van der Waals surface area contributed by atoms with E-state index >= 15 is 0 Å². The minimum Gasteiger partial charge on any atom is -0.339 e. The van der Waals surface area contributed by atoms with E-state index < -0.39 is 22.3 Å². The molecular formula is C14H18FN3O3. The molecule has 0 aromatic heterocycles. The van der Waals surface area contributed by atoms with Crippen LogP contribution in [0.2, 0.25) is 0 Å². The maximum absolute atomic E-state index is 13.4. The quantitative estimate of drug-likeness (QED) is 0.683. The molecule has 2 N–H and O–H groups in total. The van der Waals surface area contributed by atoms with Crippen LogP contribution in [-0.2, 0) is 0 Å². The van der Waals surface area contributed by atoms with E-state index in [0.717, 1.165) is 43.9 Å². The number of carbonyl (C=O) groups is 1. The standard InChI is InChI=1S/C14H18FN3O3/c1-17(12-4-2-11(16)3-5-12)14(19)9-6-10(15)8-13(7-9)18(20)21/h6-8,11-12H,2-5,16H2,1H3. The van der Waals surface area contributed by atoms with E-state index in [-0.39, 0.29) is 17.6 Å². The number of halogens is 1. The fourth-order valence-corrected chi connectivity index (χ4v) is 2.66. The molecule has 0 bridgehead atoms. The third kappa shape index (κ3) is 3.55. The fourth-order valence-electron chi connectivity index (χ4n) is 2.66. The molecule has 0 saturated heterocycles. The van der Waals surface area contributed by atoms with Crippen LogP contribution in [0.5, 0.6) is 0 Å². The SMILES string of the molecule is CN(C(=O)c1cc(F)cc([N+](=O)[O-])c1)C1CCC(N)CC1. The minimum atomic E-state index is -0.786. The number of non-ortho nitro benzene ring substituents is 1. The topological polar surface area (TPSA) is 89.5 Å². The molecule has 21 heavy (non-hydrogen) atoms. The molecule has 1 amide bonds. The predicted octanol–water partition coefficient (Wildman–Crippen LogP) is 2.08. The molecule has 1 aliphatic rings. The Balaban J connectivity index is 2.17. The van der Waals surface area contributed by atoms with Crippen molar-refractivity contribution in [2.45, 2.75) is 37.8 Å². The highest BCUT2D eigenvalue weighted by atomic mass is 19.1. The maximum Gasteiger partial charge on any atom is 0.273 e. The van der Waals surface area contributed by atoms with Gasteiger partial charge >= 0.3 is 0 Å². The average Bonchev–Trinajstić information content (AvgIpc) is 2.45. The van der Waals surface area contributed by atoms with Gasteiger partial charge in [-0.2, -0.15) is 0 Å². The first-order chi connectivity index (χ1) is 9.88. The molecule has 6 nitrogen and oxygen atoms in total. The molecule has 0 spiro atoms. The number of carbonyl (C=O) groups excluding carboxylic acids is 1. The van der Waals surface area contributed by atoms with Crippen molar-refractivity contribution in [3.05, 3.63) is 39.7 Å². The number of hydrogen-bond acceptors (Lipinski definition) is 4. The van der Waals surface area contributed by atoms with Crippen molar-refractivity contribution in [3.63, 3.8) is 0 Å². The molecule has 2 rings (SSSR count). The largest absolute Gasteiger partial charge is 0.339 e. The number of nitrogens with zero attached hydrogens (tertiary/aromatic N) is 2. The van der Waals surface area contributed by atoms with E-state index in [9.17, 15) is 19.3 Å². The molecule has 114 valence electrons. The molecule has 0 unspecified atom stereocenters. The van der Waals surface area contributed by atoms with E-state index in [4.69, 9.17) is 5.73 Å². The molecule has 1 aliphatic carbocycles. The van der Waals surface area contributed by atoms with Crippen LogP contribution in [0.3, 0.4) is 0 Å².